The first-order chi connectivity index (χ1) is 12.0. The van der Waals surface area contributed by atoms with Crippen LogP contribution in [-0.2, 0) is 0 Å². The average molecular weight is 406 g/mol. The Bertz CT molecular complexity index is 859. The molecule has 1 aliphatic rings. The zero-order valence-corrected chi connectivity index (χ0v) is 16.8. The normalized spacial score (nSPS) is 19.6. The van der Waals surface area contributed by atoms with E-state index >= 15 is 0 Å². The van der Waals surface area contributed by atoms with Gasteiger partial charge in [0.2, 0.25) is 0 Å². The number of rotatable bonds is 5. The van der Waals surface area contributed by atoms with E-state index in [-0.39, 0.29) is 11.2 Å². The van der Waals surface area contributed by atoms with E-state index in [1.807, 2.05) is 6.07 Å². The van der Waals surface area contributed by atoms with Crippen LogP contribution in [-0.4, -0.2) is 9.32 Å². The van der Waals surface area contributed by atoms with Crippen molar-refractivity contribution in [2.24, 2.45) is 5.92 Å². The van der Waals surface area contributed by atoms with E-state index in [1.165, 1.54) is 11.1 Å². The monoisotopic (exact) mass is 405 g/mol. The smallest absolute Gasteiger partial charge is 0.151 e. The van der Waals surface area contributed by atoms with Gasteiger partial charge >= 0.3 is 0 Å². The fourth-order valence-electron chi connectivity index (χ4n) is 2.86. The second kappa shape index (κ2) is 6.96. The van der Waals surface area contributed by atoms with Crippen molar-refractivity contribution in [3.63, 3.8) is 0 Å². The number of aryl methyl sites for hydroxylation is 1. The Kier molecular flexibility index (Phi) is 4.85. The summed E-state index contributed by atoms with van der Waals surface area (Å²) in [6.07, 6.45) is 0.832. The molecule has 2 unspecified atom stereocenters. The third-order valence-electron chi connectivity index (χ3n) is 4.43. The van der Waals surface area contributed by atoms with Crippen LogP contribution in [0.25, 0.3) is 11.3 Å². The Morgan fingerprint density at radius 1 is 1.12 bits per heavy atom. The van der Waals surface area contributed by atoms with Gasteiger partial charge in [0.15, 0.2) is 4.34 Å². The minimum Gasteiger partial charge on any atom is -0.230 e. The zero-order valence-electron chi connectivity index (χ0n) is 13.7. The Hall–Kier alpha value is -1.00. The number of benzene rings is 2. The summed E-state index contributed by atoms with van der Waals surface area (Å²) < 4.78 is 0.449. The van der Waals surface area contributed by atoms with Crippen LogP contribution < -0.4 is 0 Å². The molecule has 1 heterocycles. The molecule has 0 spiro atoms. The third-order valence-corrected chi connectivity index (χ3v) is 7.65. The molecule has 1 fully saturated rings. The van der Waals surface area contributed by atoms with Crippen LogP contribution in [0.15, 0.2) is 64.3 Å². The highest BCUT2D eigenvalue weighted by molar-refractivity contribution is 8.01. The molecule has 5 heteroatoms. The summed E-state index contributed by atoms with van der Waals surface area (Å²) in [6, 6.07) is 18.9. The number of aromatic nitrogens is 1. The predicted octanol–water partition coefficient (Wildman–Crippen LogP) is 7.15. The van der Waals surface area contributed by atoms with Gasteiger partial charge in [-0.3, -0.25) is 0 Å². The van der Waals surface area contributed by atoms with E-state index in [2.05, 4.69) is 60.8 Å². The lowest BCUT2D eigenvalue weighted by atomic mass is 10.1. The lowest BCUT2D eigenvalue weighted by Crippen LogP contribution is -2.02. The van der Waals surface area contributed by atoms with Gasteiger partial charge in [-0.1, -0.05) is 71.9 Å². The molecule has 0 amide bonds. The summed E-state index contributed by atoms with van der Waals surface area (Å²) in [4.78, 5) is 4.83. The van der Waals surface area contributed by atoms with Gasteiger partial charge in [0.25, 0.3) is 0 Å². The molecule has 0 aliphatic heterocycles. The highest BCUT2D eigenvalue weighted by Crippen LogP contribution is 2.63. The molecule has 3 aromatic rings. The fourth-order valence-corrected chi connectivity index (χ4v) is 5.98. The summed E-state index contributed by atoms with van der Waals surface area (Å²) in [6.45, 7) is 2.09. The summed E-state index contributed by atoms with van der Waals surface area (Å²) in [5.41, 5.74) is 4.69. The maximum Gasteiger partial charge on any atom is 0.151 e. The van der Waals surface area contributed by atoms with Gasteiger partial charge in [-0.05, 0) is 18.9 Å². The maximum atomic E-state index is 6.37. The number of halogens is 2. The summed E-state index contributed by atoms with van der Waals surface area (Å²) in [5, 5.41) is 2.35. The van der Waals surface area contributed by atoms with Crippen molar-refractivity contribution in [3.8, 4) is 11.3 Å². The van der Waals surface area contributed by atoms with Gasteiger partial charge in [-0.15, -0.1) is 34.5 Å². The molecule has 4 rings (SSSR count). The zero-order chi connectivity index (χ0) is 17.4. The maximum absolute atomic E-state index is 6.37. The predicted molar refractivity (Wildman–Crippen MR) is 110 cm³/mol. The highest BCUT2D eigenvalue weighted by Gasteiger charge is 2.56. The molecular formula is C20H17Cl2NS2. The molecule has 1 saturated carbocycles. The molecule has 2 aromatic carbocycles. The van der Waals surface area contributed by atoms with E-state index in [0.29, 0.717) is 0 Å². The van der Waals surface area contributed by atoms with E-state index in [9.17, 15) is 0 Å². The minimum atomic E-state index is -0.607. The van der Waals surface area contributed by atoms with Crippen molar-refractivity contribution in [1.29, 1.82) is 0 Å². The van der Waals surface area contributed by atoms with Crippen molar-refractivity contribution < 1.29 is 0 Å². The van der Waals surface area contributed by atoms with Crippen LogP contribution >= 0.6 is 46.3 Å². The lowest BCUT2D eigenvalue weighted by Gasteiger charge is -2.16. The van der Waals surface area contributed by atoms with Gasteiger partial charge in [-0.25, -0.2) is 4.98 Å². The minimum absolute atomic E-state index is 0.230. The Balaban J connectivity index is 1.58. The van der Waals surface area contributed by atoms with E-state index in [1.54, 1.807) is 23.1 Å². The summed E-state index contributed by atoms with van der Waals surface area (Å²) >= 11 is 16.2. The Morgan fingerprint density at radius 3 is 2.44 bits per heavy atom. The molecular weight excluding hydrogens is 389 g/mol. The first-order valence-corrected chi connectivity index (χ1v) is 10.7. The van der Waals surface area contributed by atoms with Gasteiger partial charge in [-0.2, -0.15) is 0 Å². The number of thiazole rings is 1. The molecule has 25 heavy (non-hydrogen) atoms. The third kappa shape index (κ3) is 3.90. The number of alkyl halides is 2. The molecule has 0 radical (unpaired) electrons. The quantitative estimate of drug-likeness (QED) is 0.330. The second-order valence-electron chi connectivity index (χ2n) is 6.39. The standard InChI is InChI=1S/C20H17Cl2NS2/c1-13-7-9-14(10-8-13)17-12-24-19(23-17)25-18(16-11-20(16,21)22)15-5-3-2-4-6-15/h2-10,12,16,18H,11H2,1H3. The first kappa shape index (κ1) is 17.4. The van der Waals surface area contributed by atoms with Crippen LogP contribution in [0.5, 0.6) is 0 Å². The van der Waals surface area contributed by atoms with E-state index in [0.717, 1.165) is 22.0 Å². The molecule has 128 valence electrons. The molecule has 0 N–H and O–H groups in total. The highest BCUT2D eigenvalue weighted by atomic mass is 35.5. The summed E-state index contributed by atoms with van der Waals surface area (Å²) in [5.74, 6) is 0.259. The van der Waals surface area contributed by atoms with Crippen molar-refractivity contribution in [2.45, 2.75) is 27.3 Å². The molecule has 2 atom stereocenters. The van der Waals surface area contributed by atoms with Crippen LogP contribution in [0.3, 0.4) is 0 Å². The van der Waals surface area contributed by atoms with Crippen molar-refractivity contribution in [2.75, 3.05) is 0 Å². The van der Waals surface area contributed by atoms with Gasteiger partial charge < -0.3 is 0 Å². The van der Waals surface area contributed by atoms with Crippen LogP contribution in [0, 0.1) is 12.8 Å². The number of hydrogen-bond donors (Lipinski definition) is 0. The van der Waals surface area contributed by atoms with Crippen molar-refractivity contribution in [1.82, 2.24) is 4.98 Å². The fraction of sp³-hybridized carbons (Fsp3) is 0.250. The summed E-state index contributed by atoms with van der Waals surface area (Å²) in [7, 11) is 0. The second-order valence-corrected chi connectivity index (χ2v) is 10.2. The molecule has 0 bridgehead atoms. The molecule has 1 aliphatic carbocycles. The molecule has 1 nitrogen and oxygen atoms in total. The van der Waals surface area contributed by atoms with Gasteiger partial charge in [0.05, 0.1) is 5.69 Å². The Morgan fingerprint density at radius 2 is 1.80 bits per heavy atom. The van der Waals surface area contributed by atoms with E-state index < -0.39 is 4.33 Å². The first-order valence-electron chi connectivity index (χ1n) is 8.15. The topological polar surface area (TPSA) is 12.9 Å². The van der Waals surface area contributed by atoms with Gasteiger partial charge in [0.1, 0.15) is 4.33 Å². The van der Waals surface area contributed by atoms with Crippen molar-refractivity contribution >= 4 is 46.3 Å². The average Bonchev–Trinajstić information content (AvgIpc) is 3.03. The largest absolute Gasteiger partial charge is 0.230 e. The van der Waals surface area contributed by atoms with Gasteiger partial charge in [0, 0.05) is 22.1 Å². The Labute approximate surface area is 166 Å². The van der Waals surface area contributed by atoms with E-state index in [4.69, 9.17) is 28.2 Å². The van der Waals surface area contributed by atoms with Crippen LogP contribution in [0.4, 0.5) is 0 Å². The van der Waals surface area contributed by atoms with Crippen LogP contribution in [0.1, 0.15) is 22.8 Å². The number of thioether (sulfide) groups is 1. The lowest BCUT2D eigenvalue weighted by molar-refractivity contribution is 0.796. The SMILES string of the molecule is Cc1ccc(-c2csc(SC(c3ccccc3)C3CC3(Cl)Cl)n2)cc1. The van der Waals surface area contributed by atoms with Crippen molar-refractivity contribution in [3.05, 3.63) is 71.1 Å². The number of nitrogens with zero attached hydrogens (tertiary/aromatic N) is 1. The molecule has 0 saturated heterocycles. The number of hydrogen-bond acceptors (Lipinski definition) is 3. The molecule has 1 aromatic heterocycles. The van der Waals surface area contributed by atoms with Crippen LogP contribution in [0.2, 0.25) is 0 Å².